The van der Waals surface area contributed by atoms with Crippen molar-refractivity contribution in [3.8, 4) is 0 Å². The second-order valence-electron chi connectivity index (χ2n) is 9.58. The van der Waals surface area contributed by atoms with Gasteiger partial charge in [0.1, 0.15) is 0 Å². The summed E-state index contributed by atoms with van der Waals surface area (Å²) in [6.07, 6.45) is 5.46. The molecule has 7 nitrogen and oxygen atoms in total. The summed E-state index contributed by atoms with van der Waals surface area (Å²) in [7, 11) is 0. The van der Waals surface area contributed by atoms with Crippen LogP contribution in [0.1, 0.15) is 70.5 Å². The molecule has 0 spiro atoms. The largest absolute Gasteiger partial charge is 0.465 e. The summed E-state index contributed by atoms with van der Waals surface area (Å²) in [5.41, 5.74) is 0.773. The van der Waals surface area contributed by atoms with Gasteiger partial charge in [0.05, 0.1) is 17.2 Å². The Balaban J connectivity index is 1.95. The monoisotopic (exact) mass is 403 g/mol. The Hall–Kier alpha value is -2.12. The minimum atomic E-state index is -1.06. The predicted octanol–water partition coefficient (Wildman–Crippen LogP) is 3.58. The number of fused-ring (bicyclic) bond motifs is 1. The van der Waals surface area contributed by atoms with Gasteiger partial charge in [0.15, 0.2) is 0 Å². The van der Waals surface area contributed by atoms with Gasteiger partial charge in [-0.3, -0.25) is 4.68 Å². The van der Waals surface area contributed by atoms with Crippen LogP contribution >= 0.6 is 0 Å². The van der Waals surface area contributed by atoms with Gasteiger partial charge in [-0.1, -0.05) is 0 Å². The van der Waals surface area contributed by atoms with Crippen LogP contribution in [-0.4, -0.2) is 43.3 Å². The maximum Gasteiger partial charge on any atom is 0.405 e. The van der Waals surface area contributed by atoms with Crippen LogP contribution in [0.5, 0.6) is 0 Å². The molecule has 4 N–H and O–H groups in total. The van der Waals surface area contributed by atoms with E-state index in [1.807, 2.05) is 30.7 Å². The van der Waals surface area contributed by atoms with Crippen molar-refractivity contribution < 1.29 is 20.1 Å². The third kappa shape index (κ3) is 5.08. The Labute approximate surface area is 171 Å². The van der Waals surface area contributed by atoms with Crippen LogP contribution in [0.25, 0.3) is 10.9 Å². The molecule has 1 saturated carbocycles. The number of carboxylic acid groups (broad SMARTS) is 1. The van der Waals surface area contributed by atoms with Crippen LogP contribution in [0.4, 0.5) is 4.79 Å². The number of rotatable bonds is 6. The first-order valence-corrected chi connectivity index (χ1v) is 10.3. The number of benzene rings is 1. The number of aliphatic hydroxyl groups excluding tert-OH is 1. The fraction of sp³-hybridized carbons (Fsp3) is 0.636. The summed E-state index contributed by atoms with van der Waals surface area (Å²) in [6.45, 7) is 7.40. The number of nitrogens with one attached hydrogen (secondary N) is 1. The Bertz CT molecular complexity index is 874. The molecule has 1 aliphatic rings. The van der Waals surface area contributed by atoms with Crippen molar-refractivity contribution in [1.29, 1.82) is 0 Å². The number of carbonyl (C=O) groups is 1. The molecule has 1 aliphatic carbocycles. The lowest BCUT2D eigenvalue weighted by molar-refractivity contribution is 0.0774. The summed E-state index contributed by atoms with van der Waals surface area (Å²) >= 11 is 0. The molecule has 0 unspecified atom stereocenters. The summed E-state index contributed by atoms with van der Waals surface area (Å²) < 4.78 is 2.02. The summed E-state index contributed by atoms with van der Waals surface area (Å²) in [5, 5.41) is 37.5. The zero-order valence-corrected chi connectivity index (χ0v) is 17.8. The van der Waals surface area contributed by atoms with Gasteiger partial charge in [-0.25, -0.2) is 4.79 Å². The predicted molar refractivity (Wildman–Crippen MR) is 112 cm³/mol. The van der Waals surface area contributed by atoms with Crippen molar-refractivity contribution >= 4 is 17.0 Å². The number of aromatic nitrogens is 2. The molecule has 0 aliphatic heterocycles. The highest BCUT2D eigenvalue weighted by Crippen LogP contribution is 2.34. The van der Waals surface area contributed by atoms with E-state index in [0.717, 1.165) is 47.7 Å². The van der Waals surface area contributed by atoms with Crippen molar-refractivity contribution in [3.63, 3.8) is 0 Å². The van der Waals surface area contributed by atoms with Gasteiger partial charge in [-0.05, 0) is 89.0 Å². The number of amides is 1. The van der Waals surface area contributed by atoms with Crippen molar-refractivity contribution in [2.75, 3.05) is 6.61 Å². The molecule has 1 fully saturated rings. The normalized spacial score (nSPS) is 20.8. The third-order valence-electron chi connectivity index (χ3n) is 5.93. The van der Waals surface area contributed by atoms with Crippen LogP contribution < -0.4 is 5.32 Å². The fourth-order valence-electron chi connectivity index (χ4n) is 4.44. The lowest BCUT2D eigenvalue weighted by atomic mass is 9.85. The van der Waals surface area contributed by atoms with E-state index in [4.69, 9.17) is 10.2 Å². The van der Waals surface area contributed by atoms with E-state index < -0.39 is 17.2 Å². The second kappa shape index (κ2) is 7.95. The standard InChI is InChI=1S/C22H33N3O4/c1-21(2,23-20(27)28)11-15-9-16-12-25(17-7-5-14(13-26)6-8-17)24-19(16)10-18(15)22(3,4)29/h9-10,12,14,17,23,26,29H,5-8,11,13H2,1-4H3,(H,27,28). The zero-order chi connectivity index (χ0) is 21.4. The molecule has 2 aromatic rings. The highest BCUT2D eigenvalue weighted by atomic mass is 16.4. The van der Waals surface area contributed by atoms with Gasteiger partial charge in [0, 0.05) is 23.7 Å². The van der Waals surface area contributed by atoms with Crippen molar-refractivity contribution in [2.45, 2.75) is 77.0 Å². The van der Waals surface area contributed by atoms with Gasteiger partial charge < -0.3 is 20.6 Å². The topological polar surface area (TPSA) is 108 Å². The molecule has 0 atom stereocenters. The van der Waals surface area contributed by atoms with E-state index in [9.17, 15) is 15.0 Å². The van der Waals surface area contributed by atoms with Crippen LogP contribution in [0.3, 0.4) is 0 Å². The second-order valence-corrected chi connectivity index (χ2v) is 9.58. The van der Waals surface area contributed by atoms with Crippen LogP contribution in [0.2, 0.25) is 0 Å². The lowest BCUT2D eigenvalue weighted by Gasteiger charge is -2.28. The van der Waals surface area contributed by atoms with Gasteiger partial charge in [-0.2, -0.15) is 5.10 Å². The van der Waals surface area contributed by atoms with Crippen molar-refractivity contribution in [1.82, 2.24) is 15.1 Å². The molecule has 29 heavy (non-hydrogen) atoms. The molecule has 3 rings (SSSR count). The van der Waals surface area contributed by atoms with E-state index in [1.165, 1.54) is 0 Å². The molecule has 1 aromatic carbocycles. The van der Waals surface area contributed by atoms with Crippen molar-refractivity contribution in [2.24, 2.45) is 5.92 Å². The zero-order valence-electron chi connectivity index (χ0n) is 17.8. The van der Waals surface area contributed by atoms with Crippen LogP contribution in [0, 0.1) is 5.92 Å². The summed E-state index contributed by atoms with van der Waals surface area (Å²) in [5.74, 6) is 0.397. The number of hydrogen-bond acceptors (Lipinski definition) is 4. The van der Waals surface area contributed by atoms with E-state index >= 15 is 0 Å². The van der Waals surface area contributed by atoms with E-state index in [2.05, 4.69) is 11.5 Å². The molecule has 160 valence electrons. The van der Waals surface area contributed by atoms with E-state index in [1.54, 1.807) is 13.8 Å². The highest BCUT2D eigenvalue weighted by molar-refractivity contribution is 5.80. The van der Waals surface area contributed by atoms with Gasteiger partial charge in [-0.15, -0.1) is 0 Å². The quantitative estimate of drug-likeness (QED) is 0.590. The van der Waals surface area contributed by atoms with Gasteiger partial charge in [0.25, 0.3) is 0 Å². The lowest BCUT2D eigenvalue weighted by Crippen LogP contribution is -2.44. The van der Waals surface area contributed by atoms with E-state index in [-0.39, 0.29) is 6.61 Å². The third-order valence-corrected chi connectivity index (χ3v) is 5.93. The maximum absolute atomic E-state index is 11.1. The molecule has 0 bridgehead atoms. The summed E-state index contributed by atoms with van der Waals surface area (Å²) in [4.78, 5) is 11.1. The smallest absolute Gasteiger partial charge is 0.405 e. The maximum atomic E-state index is 11.1. The molecular formula is C22H33N3O4. The van der Waals surface area contributed by atoms with Crippen molar-refractivity contribution in [3.05, 3.63) is 29.5 Å². The summed E-state index contributed by atoms with van der Waals surface area (Å²) in [6, 6.07) is 4.28. The first-order chi connectivity index (χ1) is 13.5. The minimum Gasteiger partial charge on any atom is -0.465 e. The average molecular weight is 404 g/mol. The molecule has 0 radical (unpaired) electrons. The minimum absolute atomic E-state index is 0.256. The van der Waals surface area contributed by atoms with Gasteiger partial charge >= 0.3 is 6.09 Å². The highest BCUT2D eigenvalue weighted by Gasteiger charge is 2.28. The fourth-order valence-corrected chi connectivity index (χ4v) is 4.44. The molecular weight excluding hydrogens is 370 g/mol. The Morgan fingerprint density at radius 3 is 2.41 bits per heavy atom. The SMILES string of the molecule is CC(C)(Cc1cc2cn(C3CCC(CO)CC3)nc2cc1C(C)(C)O)NC(=O)O. The first-order valence-electron chi connectivity index (χ1n) is 10.3. The molecule has 7 heteroatoms. The van der Waals surface area contributed by atoms with Gasteiger partial charge in [0.2, 0.25) is 0 Å². The first kappa shape index (κ1) is 21.6. The molecule has 1 amide bonds. The van der Waals surface area contributed by atoms with Crippen LogP contribution in [-0.2, 0) is 12.0 Å². The molecule has 1 heterocycles. The molecule has 0 saturated heterocycles. The number of hydrogen-bond donors (Lipinski definition) is 4. The Morgan fingerprint density at radius 2 is 1.86 bits per heavy atom. The number of nitrogens with zero attached hydrogens (tertiary/aromatic N) is 2. The average Bonchev–Trinajstić information content (AvgIpc) is 3.01. The number of aliphatic hydroxyl groups is 2. The van der Waals surface area contributed by atoms with E-state index in [0.29, 0.717) is 18.4 Å². The Morgan fingerprint density at radius 1 is 1.21 bits per heavy atom. The van der Waals surface area contributed by atoms with Crippen LogP contribution in [0.15, 0.2) is 18.3 Å². The Kier molecular flexibility index (Phi) is 5.92. The molecule has 1 aromatic heterocycles.